The van der Waals surface area contributed by atoms with Gasteiger partial charge in [0.1, 0.15) is 5.57 Å². The van der Waals surface area contributed by atoms with Crippen molar-refractivity contribution in [1.82, 2.24) is 0 Å². The highest BCUT2D eigenvalue weighted by molar-refractivity contribution is 6.46. The fourth-order valence-corrected chi connectivity index (χ4v) is 3.74. The Labute approximate surface area is 204 Å². The zero-order chi connectivity index (χ0) is 24.9. The minimum Gasteiger partial charge on any atom is -0.490 e. The molecular formula is C28H26N2O5. The molecule has 0 saturated carbocycles. The summed E-state index contributed by atoms with van der Waals surface area (Å²) in [5, 5.41) is 0. The molecule has 178 valence electrons. The molecule has 1 fully saturated rings. The highest BCUT2D eigenvalue weighted by Crippen LogP contribution is 2.33. The van der Waals surface area contributed by atoms with E-state index in [0.29, 0.717) is 35.0 Å². The van der Waals surface area contributed by atoms with Gasteiger partial charge in [-0.25, -0.2) is 14.6 Å². The molecule has 4 amide bonds. The van der Waals surface area contributed by atoms with Crippen LogP contribution in [0, 0.1) is 0 Å². The van der Waals surface area contributed by atoms with E-state index in [1.54, 1.807) is 78.9 Å². The Morgan fingerprint density at radius 2 is 1.31 bits per heavy atom. The van der Waals surface area contributed by atoms with Gasteiger partial charge in [-0.15, -0.1) is 0 Å². The van der Waals surface area contributed by atoms with Gasteiger partial charge >= 0.3 is 6.03 Å². The minimum atomic E-state index is -0.731. The van der Waals surface area contributed by atoms with E-state index >= 15 is 0 Å². The Hall–Kier alpha value is -4.39. The first-order valence-electron chi connectivity index (χ1n) is 11.4. The molecule has 0 bridgehead atoms. The second-order valence-electron chi connectivity index (χ2n) is 8.10. The second kappa shape index (κ2) is 10.3. The van der Waals surface area contributed by atoms with Crippen LogP contribution >= 0.6 is 0 Å². The van der Waals surface area contributed by atoms with Crippen LogP contribution in [0.1, 0.15) is 26.3 Å². The van der Waals surface area contributed by atoms with Gasteiger partial charge in [0.2, 0.25) is 0 Å². The number of carbonyl (C=O) groups is 3. The number of rotatable bonds is 7. The van der Waals surface area contributed by atoms with E-state index in [4.69, 9.17) is 9.47 Å². The van der Waals surface area contributed by atoms with Gasteiger partial charge in [0.05, 0.1) is 24.1 Å². The number of para-hydroxylation sites is 2. The van der Waals surface area contributed by atoms with Gasteiger partial charge in [0, 0.05) is 0 Å². The Bertz CT molecular complexity index is 1210. The predicted molar refractivity (Wildman–Crippen MR) is 135 cm³/mol. The summed E-state index contributed by atoms with van der Waals surface area (Å²) in [6, 6.07) is 21.5. The predicted octanol–water partition coefficient (Wildman–Crippen LogP) is 5.46. The monoisotopic (exact) mass is 470 g/mol. The van der Waals surface area contributed by atoms with Crippen LogP contribution in [0.4, 0.5) is 16.2 Å². The third kappa shape index (κ3) is 4.94. The van der Waals surface area contributed by atoms with E-state index in [1.165, 1.54) is 6.08 Å². The van der Waals surface area contributed by atoms with Crippen LogP contribution in [-0.4, -0.2) is 30.6 Å². The average molecular weight is 471 g/mol. The Morgan fingerprint density at radius 1 is 0.771 bits per heavy atom. The lowest BCUT2D eigenvalue weighted by Crippen LogP contribution is -2.57. The van der Waals surface area contributed by atoms with Crippen molar-refractivity contribution in [2.24, 2.45) is 0 Å². The quantitative estimate of drug-likeness (QED) is 0.339. The summed E-state index contributed by atoms with van der Waals surface area (Å²) in [6.45, 7) is 6.11. The van der Waals surface area contributed by atoms with Gasteiger partial charge < -0.3 is 9.47 Å². The highest BCUT2D eigenvalue weighted by Gasteiger charge is 2.43. The summed E-state index contributed by atoms with van der Waals surface area (Å²) < 4.78 is 11.5. The normalized spacial score (nSPS) is 13.9. The Kier molecular flexibility index (Phi) is 6.96. The van der Waals surface area contributed by atoms with E-state index in [-0.39, 0.29) is 11.7 Å². The van der Waals surface area contributed by atoms with Crippen molar-refractivity contribution >= 4 is 35.3 Å². The maximum Gasteiger partial charge on any atom is 0.343 e. The van der Waals surface area contributed by atoms with E-state index in [1.807, 2.05) is 20.8 Å². The van der Waals surface area contributed by atoms with Crippen molar-refractivity contribution in [3.63, 3.8) is 0 Å². The summed E-state index contributed by atoms with van der Waals surface area (Å²) in [4.78, 5) is 42.4. The first-order valence-corrected chi connectivity index (χ1v) is 11.4. The molecule has 4 rings (SSSR count). The highest BCUT2D eigenvalue weighted by atomic mass is 16.5. The SMILES string of the molecule is CCOc1cc(C=C2C(=O)N(c3ccccc3)C(=O)N(c3ccccc3)C2=O)ccc1OC(C)C. The van der Waals surface area contributed by atoms with Gasteiger partial charge in [-0.3, -0.25) is 9.59 Å². The van der Waals surface area contributed by atoms with Gasteiger partial charge in [-0.05, 0) is 68.8 Å². The molecular weight excluding hydrogens is 444 g/mol. The molecule has 0 aromatic heterocycles. The van der Waals surface area contributed by atoms with Gasteiger partial charge in [-0.1, -0.05) is 42.5 Å². The number of hydrogen-bond acceptors (Lipinski definition) is 5. The number of amides is 4. The van der Waals surface area contributed by atoms with Crippen molar-refractivity contribution in [3.8, 4) is 11.5 Å². The minimum absolute atomic E-state index is 0.0511. The van der Waals surface area contributed by atoms with E-state index in [9.17, 15) is 14.4 Å². The summed E-state index contributed by atoms with van der Waals surface area (Å²) >= 11 is 0. The maximum absolute atomic E-state index is 13.5. The van der Waals surface area contributed by atoms with Gasteiger partial charge in [0.15, 0.2) is 11.5 Å². The third-order valence-electron chi connectivity index (χ3n) is 5.22. The van der Waals surface area contributed by atoms with Crippen molar-refractivity contribution in [2.45, 2.75) is 26.9 Å². The molecule has 0 aliphatic carbocycles. The number of barbiturate groups is 1. The van der Waals surface area contributed by atoms with Crippen LogP contribution in [0.3, 0.4) is 0 Å². The fraction of sp³-hybridized carbons (Fsp3) is 0.179. The van der Waals surface area contributed by atoms with Crippen LogP contribution in [0.5, 0.6) is 11.5 Å². The number of nitrogens with zero attached hydrogens (tertiary/aromatic N) is 2. The molecule has 1 aliphatic heterocycles. The number of ether oxygens (including phenoxy) is 2. The van der Waals surface area contributed by atoms with Gasteiger partial charge in [0.25, 0.3) is 11.8 Å². The molecule has 1 saturated heterocycles. The standard InChI is InChI=1S/C28H26N2O5/c1-4-34-25-18-20(15-16-24(25)35-19(2)3)17-23-26(31)29(21-11-7-5-8-12-21)28(33)30(27(23)32)22-13-9-6-10-14-22/h5-19H,4H2,1-3H3. The van der Waals surface area contributed by atoms with Gasteiger partial charge in [-0.2, -0.15) is 0 Å². The summed E-state index contributed by atoms with van der Waals surface area (Å²) in [5.74, 6) is -0.322. The van der Waals surface area contributed by atoms with E-state index in [0.717, 1.165) is 9.80 Å². The lowest BCUT2D eigenvalue weighted by Gasteiger charge is -2.33. The summed E-state index contributed by atoms with van der Waals surface area (Å²) in [5.41, 5.74) is 1.17. The largest absolute Gasteiger partial charge is 0.490 e. The number of benzene rings is 3. The van der Waals surface area contributed by atoms with Crippen LogP contribution in [0.2, 0.25) is 0 Å². The second-order valence-corrected chi connectivity index (χ2v) is 8.10. The molecule has 0 spiro atoms. The van der Waals surface area contributed by atoms with Crippen LogP contribution in [0.15, 0.2) is 84.4 Å². The average Bonchev–Trinajstić information content (AvgIpc) is 2.84. The fourth-order valence-electron chi connectivity index (χ4n) is 3.74. The number of anilines is 2. The van der Waals surface area contributed by atoms with Crippen molar-refractivity contribution < 1.29 is 23.9 Å². The molecule has 35 heavy (non-hydrogen) atoms. The third-order valence-corrected chi connectivity index (χ3v) is 5.22. The molecule has 7 nitrogen and oxygen atoms in total. The number of hydrogen-bond donors (Lipinski definition) is 0. The lowest BCUT2D eigenvalue weighted by molar-refractivity contribution is -0.121. The van der Waals surface area contributed by atoms with Crippen LogP contribution in [0.25, 0.3) is 6.08 Å². The number of urea groups is 1. The smallest absolute Gasteiger partial charge is 0.343 e. The van der Waals surface area contributed by atoms with Crippen molar-refractivity contribution in [1.29, 1.82) is 0 Å². The van der Waals surface area contributed by atoms with Crippen molar-refractivity contribution in [2.75, 3.05) is 16.4 Å². The molecule has 3 aromatic rings. The molecule has 0 radical (unpaired) electrons. The summed E-state index contributed by atoms with van der Waals surface area (Å²) in [6.07, 6.45) is 1.43. The first kappa shape index (κ1) is 23.8. The van der Waals surface area contributed by atoms with E-state index < -0.39 is 17.8 Å². The van der Waals surface area contributed by atoms with E-state index in [2.05, 4.69) is 0 Å². The zero-order valence-electron chi connectivity index (χ0n) is 19.8. The topological polar surface area (TPSA) is 76.2 Å². The number of imide groups is 2. The maximum atomic E-state index is 13.5. The van der Waals surface area contributed by atoms with Crippen molar-refractivity contribution in [3.05, 3.63) is 90.0 Å². The zero-order valence-corrected chi connectivity index (χ0v) is 19.8. The molecule has 0 unspecified atom stereocenters. The molecule has 1 heterocycles. The van der Waals surface area contributed by atoms with Crippen LogP contribution < -0.4 is 19.3 Å². The first-order chi connectivity index (χ1) is 16.9. The molecule has 3 aromatic carbocycles. The molecule has 0 N–H and O–H groups in total. The van der Waals surface area contributed by atoms with Crippen LogP contribution in [-0.2, 0) is 9.59 Å². The lowest BCUT2D eigenvalue weighted by atomic mass is 10.0. The Balaban J connectivity index is 1.82. The molecule has 1 aliphatic rings. The number of carbonyl (C=O) groups excluding carboxylic acids is 3. The molecule has 7 heteroatoms. The molecule has 0 atom stereocenters. The Morgan fingerprint density at radius 3 is 1.80 bits per heavy atom. The summed E-state index contributed by atoms with van der Waals surface area (Å²) in [7, 11) is 0.